The number of hydrogen-bond donors (Lipinski definition) is 0. The van der Waals surface area contributed by atoms with E-state index in [0.717, 1.165) is 0 Å². The molecule has 1 fully saturated rings. The van der Waals surface area contributed by atoms with Crippen LogP contribution in [0, 0.1) is 16.7 Å². The van der Waals surface area contributed by atoms with Crippen LogP contribution < -0.4 is 0 Å². The number of epoxide rings is 1. The highest BCUT2D eigenvalue weighted by molar-refractivity contribution is 6.74. The quantitative estimate of drug-likeness (QED) is 0.564. The van der Waals surface area contributed by atoms with Gasteiger partial charge in [0.25, 0.3) is 0 Å². The van der Waals surface area contributed by atoms with E-state index in [1.807, 2.05) is 0 Å². The average molecular weight is 269 g/mol. The molecule has 1 rings (SSSR count). The topological polar surface area (TPSA) is 45.5 Å². The highest BCUT2D eigenvalue weighted by Crippen LogP contribution is 2.42. The van der Waals surface area contributed by atoms with Gasteiger partial charge in [-0.15, -0.1) is 0 Å². The van der Waals surface area contributed by atoms with Crippen molar-refractivity contribution >= 4 is 8.32 Å². The summed E-state index contributed by atoms with van der Waals surface area (Å²) in [5, 5.41) is 9.04. The van der Waals surface area contributed by atoms with Gasteiger partial charge in [-0.2, -0.15) is 5.26 Å². The Morgan fingerprint density at radius 3 is 2.22 bits per heavy atom. The highest BCUT2D eigenvalue weighted by atomic mass is 28.4. The van der Waals surface area contributed by atoms with E-state index in [4.69, 9.17) is 14.4 Å². The Labute approximate surface area is 113 Å². The molecule has 0 radical (unpaired) electrons. The zero-order valence-corrected chi connectivity index (χ0v) is 13.8. The minimum Gasteiger partial charge on any atom is -0.414 e. The van der Waals surface area contributed by atoms with Crippen LogP contribution in [0.5, 0.6) is 0 Å². The maximum atomic E-state index is 8.80. The lowest BCUT2D eigenvalue weighted by Crippen LogP contribution is -2.42. The summed E-state index contributed by atoms with van der Waals surface area (Å²) in [6.45, 7) is 16.1. The molecule has 2 atom stereocenters. The second-order valence-electron chi connectivity index (χ2n) is 7.49. The van der Waals surface area contributed by atoms with Crippen molar-refractivity contribution in [3.8, 4) is 6.07 Å². The predicted molar refractivity (Wildman–Crippen MR) is 75.8 cm³/mol. The van der Waals surface area contributed by atoms with Crippen LogP contribution in [0.15, 0.2) is 0 Å². The second kappa shape index (κ2) is 4.95. The first-order chi connectivity index (χ1) is 8.01. The smallest absolute Gasteiger partial charge is 0.192 e. The lowest BCUT2D eigenvalue weighted by atomic mass is 9.85. The summed E-state index contributed by atoms with van der Waals surface area (Å²) < 4.78 is 11.8. The van der Waals surface area contributed by atoms with Gasteiger partial charge in [0.15, 0.2) is 8.32 Å². The second-order valence-corrected chi connectivity index (χ2v) is 12.3. The van der Waals surface area contributed by atoms with Crippen LogP contribution in [-0.4, -0.2) is 27.1 Å². The van der Waals surface area contributed by atoms with Crippen LogP contribution in [-0.2, 0) is 9.16 Å². The SMILES string of the molecule is CC(C)(CC#N)[C@@H]1O[C@H]1CO[Si](C)(C)C(C)(C)C. The molecule has 3 nitrogen and oxygen atoms in total. The molecule has 0 saturated carbocycles. The summed E-state index contributed by atoms with van der Waals surface area (Å²) in [5.41, 5.74) is -0.0593. The molecular weight excluding hydrogens is 242 g/mol. The van der Waals surface area contributed by atoms with E-state index in [2.05, 4.69) is 53.8 Å². The molecule has 1 saturated heterocycles. The van der Waals surface area contributed by atoms with Gasteiger partial charge in [0, 0.05) is 11.8 Å². The number of nitrogens with zero attached hydrogens (tertiary/aromatic N) is 1. The van der Waals surface area contributed by atoms with Crippen molar-refractivity contribution in [2.45, 2.75) is 71.4 Å². The molecule has 0 aliphatic carbocycles. The summed E-state index contributed by atoms with van der Waals surface area (Å²) in [4.78, 5) is 0. The third kappa shape index (κ3) is 3.56. The number of rotatable bonds is 5. The summed E-state index contributed by atoms with van der Waals surface area (Å²) in [7, 11) is -1.68. The Morgan fingerprint density at radius 2 is 1.78 bits per heavy atom. The van der Waals surface area contributed by atoms with Gasteiger partial charge in [0.1, 0.15) is 6.10 Å². The summed E-state index contributed by atoms with van der Waals surface area (Å²) in [6.07, 6.45) is 0.901. The van der Waals surface area contributed by atoms with E-state index >= 15 is 0 Å². The zero-order chi connectivity index (χ0) is 14.2. The standard InChI is InChI=1S/C14H27NO2Si/c1-13(2,3)18(6,7)16-10-11-12(17-11)14(4,5)8-9-15/h11-12H,8,10H2,1-7H3/t11-,12+/m0/s1. The Morgan fingerprint density at radius 1 is 1.22 bits per heavy atom. The molecule has 0 aromatic carbocycles. The van der Waals surface area contributed by atoms with Gasteiger partial charge in [0.2, 0.25) is 0 Å². The van der Waals surface area contributed by atoms with Crippen molar-refractivity contribution in [1.82, 2.24) is 0 Å². The molecule has 0 amide bonds. The van der Waals surface area contributed by atoms with Crippen molar-refractivity contribution in [2.24, 2.45) is 5.41 Å². The van der Waals surface area contributed by atoms with Gasteiger partial charge in [0.05, 0.1) is 18.8 Å². The summed E-state index contributed by atoms with van der Waals surface area (Å²) in [5.74, 6) is 0. The largest absolute Gasteiger partial charge is 0.414 e. The highest BCUT2D eigenvalue weighted by Gasteiger charge is 2.50. The first-order valence-electron chi connectivity index (χ1n) is 6.68. The lowest BCUT2D eigenvalue weighted by Gasteiger charge is -2.36. The summed E-state index contributed by atoms with van der Waals surface area (Å²) >= 11 is 0. The molecule has 18 heavy (non-hydrogen) atoms. The Balaban J connectivity index is 2.44. The van der Waals surface area contributed by atoms with Crippen molar-refractivity contribution in [3.05, 3.63) is 0 Å². The molecule has 0 bridgehead atoms. The molecule has 0 aromatic heterocycles. The molecule has 0 aromatic rings. The molecule has 1 aliphatic rings. The fraction of sp³-hybridized carbons (Fsp3) is 0.929. The fourth-order valence-corrected chi connectivity index (χ4v) is 2.78. The van der Waals surface area contributed by atoms with Gasteiger partial charge in [-0.25, -0.2) is 0 Å². The Kier molecular flexibility index (Phi) is 4.32. The summed E-state index contributed by atoms with van der Waals surface area (Å²) in [6, 6.07) is 2.23. The van der Waals surface area contributed by atoms with Crippen LogP contribution in [0.2, 0.25) is 18.1 Å². The Bertz CT molecular complexity index is 339. The maximum absolute atomic E-state index is 8.80. The molecule has 1 heterocycles. The third-order valence-electron chi connectivity index (χ3n) is 4.30. The van der Waals surface area contributed by atoms with E-state index in [0.29, 0.717) is 13.0 Å². The molecule has 1 aliphatic heterocycles. The fourth-order valence-electron chi connectivity index (χ4n) is 1.77. The average Bonchev–Trinajstić information content (AvgIpc) is 2.92. The molecule has 104 valence electrons. The van der Waals surface area contributed by atoms with Gasteiger partial charge in [-0.3, -0.25) is 0 Å². The maximum Gasteiger partial charge on any atom is 0.192 e. The van der Waals surface area contributed by atoms with Gasteiger partial charge in [-0.1, -0.05) is 34.6 Å². The minimum absolute atomic E-state index is 0.0593. The van der Waals surface area contributed by atoms with Crippen LogP contribution in [0.4, 0.5) is 0 Å². The lowest BCUT2D eigenvalue weighted by molar-refractivity contribution is 0.225. The van der Waals surface area contributed by atoms with E-state index in [1.54, 1.807) is 0 Å². The monoisotopic (exact) mass is 269 g/mol. The molecule has 4 heteroatoms. The van der Waals surface area contributed by atoms with Crippen molar-refractivity contribution in [3.63, 3.8) is 0 Å². The van der Waals surface area contributed by atoms with Gasteiger partial charge in [-0.05, 0) is 18.1 Å². The predicted octanol–water partition coefficient (Wildman–Crippen LogP) is 3.72. The first-order valence-corrected chi connectivity index (χ1v) is 9.58. The number of ether oxygens (including phenoxy) is 1. The molecule has 0 spiro atoms. The van der Waals surface area contributed by atoms with Crippen LogP contribution in [0.3, 0.4) is 0 Å². The van der Waals surface area contributed by atoms with E-state index in [1.165, 1.54) is 0 Å². The van der Waals surface area contributed by atoms with Gasteiger partial charge >= 0.3 is 0 Å². The van der Waals surface area contributed by atoms with E-state index in [-0.39, 0.29) is 22.7 Å². The number of hydrogen-bond acceptors (Lipinski definition) is 3. The van der Waals surface area contributed by atoms with Gasteiger partial charge < -0.3 is 9.16 Å². The van der Waals surface area contributed by atoms with E-state index in [9.17, 15) is 0 Å². The van der Waals surface area contributed by atoms with Crippen LogP contribution in [0.25, 0.3) is 0 Å². The minimum atomic E-state index is -1.68. The molecule has 0 N–H and O–H groups in total. The zero-order valence-electron chi connectivity index (χ0n) is 12.8. The first kappa shape index (κ1) is 15.7. The van der Waals surface area contributed by atoms with Crippen molar-refractivity contribution < 1.29 is 9.16 Å². The van der Waals surface area contributed by atoms with Crippen LogP contribution >= 0.6 is 0 Å². The Hall–Kier alpha value is -0.373. The normalized spacial score (nSPS) is 24.8. The van der Waals surface area contributed by atoms with Crippen molar-refractivity contribution in [1.29, 1.82) is 5.26 Å². The third-order valence-corrected chi connectivity index (χ3v) is 8.80. The molecule has 0 unspecified atom stereocenters. The van der Waals surface area contributed by atoms with Crippen molar-refractivity contribution in [2.75, 3.05) is 6.61 Å². The number of nitriles is 1. The van der Waals surface area contributed by atoms with Crippen LogP contribution in [0.1, 0.15) is 41.0 Å². The molecular formula is C14H27NO2Si. The van der Waals surface area contributed by atoms with E-state index < -0.39 is 8.32 Å².